The maximum absolute atomic E-state index is 14.6. The van der Waals surface area contributed by atoms with Gasteiger partial charge in [0, 0.05) is 34.9 Å². The molecule has 5 rings (SSSR count). The average Bonchev–Trinajstić information content (AvgIpc) is 3.38. The Morgan fingerprint density at radius 2 is 1.75 bits per heavy atom. The molecule has 2 heterocycles. The number of ketones is 1. The number of benzene rings is 1. The van der Waals surface area contributed by atoms with Gasteiger partial charge >= 0.3 is 12.0 Å². The summed E-state index contributed by atoms with van der Waals surface area (Å²) in [5.41, 5.74) is 10.1. The summed E-state index contributed by atoms with van der Waals surface area (Å²) in [6.07, 6.45) is 3.46. The number of fused-ring (bicyclic) bond motifs is 1. The van der Waals surface area contributed by atoms with Crippen LogP contribution < -0.4 is 36.9 Å². The van der Waals surface area contributed by atoms with Crippen molar-refractivity contribution in [3.8, 4) is 11.5 Å². The monoisotopic (exact) mass is 735 g/mol. The predicted molar refractivity (Wildman–Crippen MR) is 197 cm³/mol. The summed E-state index contributed by atoms with van der Waals surface area (Å²) in [5.74, 6) is -1.86. The van der Waals surface area contributed by atoms with Gasteiger partial charge in [0.1, 0.15) is 47.1 Å². The van der Waals surface area contributed by atoms with Crippen LogP contribution in [0.1, 0.15) is 82.3 Å². The van der Waals surface area contributed by atoms with Crippen molar-refractivity contribution in [2.45, 2.75) is 109 Å². The van der Waals surface area contributed by atoms with Crippen LogP contribution >= 0.6 is 0 Å². The second kappa shape index (κ2) is 14.9. The first kappa shape index (κ1) is 39.4. The number of nitrogens with one attached hydrogen (secondary N) is 3. The van der Waals surface area contributed by atoms with Crippen LogP contribution in [0.25, 0.3) is 10.9 Å². The summed E-state index contributed by atoms with van der Waals surface area (Å²) in [7, 11) is 2.76. The van der Waals surface area contributed by atoms with Crippen molar-refractivity contribution in [3.05, 3.63) is 42.1 Å². The first-order valence-corrected chi connectivity index (χ1v) is 18.0. The zero-order valence-electron chi connectivity index (χ0n) is 31.7. The lowest BCUT2D eigenvalue weighted by molar-refractivity contribution is -0.148. The molecule has 1 saturated heterocycles. The normalized spacial score (nSPS) is 24.0. The first-order valence-electron chi connectivity index (χ1n) is 18.0. The Kier molecular flexibility index (Phi) is 11.1. The quantitative estimate of drug-likeness (QED) is 0.0924. The molecule has 2 aromatic rings. The highest BCUT2D eigenvalue weighted by molar-refractivity contribution is 6.02. The van der Waals surface area contributed by atoms with Gasteiger partial charge in [-0.1, -0.05) is 39.7 Å². The molecule has 0 radical (unpaired) electrons. The van der Waals surface area contributed by atoms with Gasteiger partial charge in [-0.25, -0.2) is 14.6 Å². The number of ether oxygens (including phenoxy) is 3. The molecule has 5 atom stereocenters. The molecule has 7 N–H and O–H groups in total. The van der Waals surface area contributed by atoms with Crippen molar-refractivity contribution in [3.63, 3.8) is 0 Å². The van der Waals surface area contributed by atoms with Gasteiger partial charge in [0.25, 0.3) is 0 Å². The summed E-state index contributed by atoms with van der Waals surface area (Å²) in [6, 6.07) is 2.32. The zero-order valence-corrected chi connectivity index (χ0v) is 31.7. The minimum atomic E-state index is -1.33. The minimum Gasteiger partial charge on any atom is -0.496 e. The number of methoxy groups -OCH3 is 2. The molecule has 53 heavy (non-hydrogen) atoms. The van der Waals surface area contributed by atoms with Crippen LogP contribution in [0, 0.1) is 18.3 Å². The van der Waals surface area contributed by atoms with Gasteiger partial charge in [-0.05, 0) is 50.7 Å². The molecule has 15 nitrogen and oxygen atoms in total. The van der Waals surface area contributed by atoms with Crippen molar-refractivity contribution in [2.75, 3.05) is 20.8 Å². The smallest absolute Gasteiger partial charge is 0.332 e. The number of pyridine rings is 1. The van der Waals surface area contributed by atoms with E-state index in [1.807, 2.05) is 27.7 Å². The van der Waals surface area contributed by atoms with Crippen LogP contribution in [-0.4, -0.2) is 95.7 Å². The Hall–Kier alpha value is -4.76. The number of likely N-dealkylation sites (tertiary alicyclic amines) is 1. The molecule has 1 aromatic carbocycles. The van der Waals surface area contributed by atoms with E-state index >= 15 is 0 Å². The van der Waals surface area contributed by atoms with Crippen molar-refractivity contribution in [1.82, 2.24) is 25.8 Å². The number of carbonyl (C=O) groups excluding carboxylic acids is 5. The zero-order chi connectivity index (χ0) is 39.0. The topological polar surface area (TPSA) is 217 Å². The summed E-state index contributed by atoms with van der Waals surface area (Å²) in [6.45, 7) is 13.0. The van der Waals surface area contributed by atoms with Gasteiger partial charge in [-0.3, -0.25) is 14.4 Å². The summed E-state index contributed by atoms with van der Waals surface area (Å²) in [5, 5.41) is 9.37. The number of urea groups is 1. The predicted octanol–water partition coefficient (Wildman–Crippen LogP) is 2.61. The van der Waals surface area contributed by atoms with E-state index in [9.17, 15) is 24.0 Å². The van der Waals surface area contributed by atoms with Crippen LogP contribution in [0.4, 0.5) is 4.79 Å². The van der Waals surface area contributed by atoms with Gasteiger partial charge in [-0.2, -0.15) is 0 Å². The molecule has 1 aliphatic heterocycles. The van der Waals surface area contributed by atoms with Crippen LogP contribution in [0.3, 0.4) is 0 Å². The molecule has 0 spiro atoms. The van der Waals surface area contributed by atoms with Crippen LogP contribution in [0.15, 0.2) is 30.9 Å². The number of hydrogen-bond acceptors (Lipinski definition) is 11. The number of aryl methyl sites for hydroxylation is 1. The van der Waals surface area contributed by atoms with E-state index in [2.05, 4.69) is 27.5 Å². The Bertz CT molecular complexity index is 1800. The largest absolute Gasteiger partial charge is 0.496 e. The highest BCUT2D eigenvalue weighted by Gasteiger charge is 2.62. The molecule has 0 unspecified atom stereocenters. The second-order valence-corrected chi connectivity index (χ2v) is 15.8. The lowest BCUT2D eigenvalue weighted by Crippen LogP contribution is -2.61. The van der Waals surface area contributed by atoms with Gasteiger partial charge < -0.3 is 46.5 Å². The number of amides is 4. The lowest BCUT2D eigenvalue weighted by atomic mass is 9.85. The van der Waals surface area contributed by atoms with E-state index in [4.69, 9.17) is 25.7 Å². The van der Waals surface area contributed by atoms with E-state index in [1.54, 1.807) is 25.1 Å². The summed E-state index contributed by atoms with van der Waals surface area (Å²) in [4.78, 5) is 74.1. The molecule has 3 fully saturated rings. The van der Waals surface area contributed by atoms with E-state index in [0.29, 0.717) is 28.6 Å². The average molecular weight is 736 g/mol. The van der Waals surface area contributed by atoms with Crippen molar-refractivity contribution < 1.29 is 38.2 Å². The molecular weight excluding hydrogens is 682 g/mol. The van der Waals surface area contributed by atoms with Crippen LogP contribution in [-0.2, 0) is 19.1 Å². The standard InChI is InChI=1S/C38H53N7O8/c1-9-21-18-38(21,34(49)52-8)43-32(47)25-16-22(19-45(25)33(48)30(36(3,4)5)42-35(50)44-37(6)14-10-11-15-37)53-27-17-24(29(46)31(39)40)41-28-20(2)26(51-7)13-12-23(27)28/h9,12-13,17,21-22,25,30-31H,1,10-11,14-16,18-19,39-40H2,2-8H3,(H,43,47)(H2,42,44,50)/t21-,22-,25+,30-,38-/m1/s1. The van der Waals surface area contributed by atoms with E-state index in [-0.39, 0.29) is 35.9 Å². The van der Waals surface area contributed by atoms with Crippen molar-refractivity contribution in [2.24, 2.45) is 22.8 Å². The highest BCUT2D eigenvalue weighted by atomic mass is 16.5. The van der Waals surface area contributed by atoms with Crippen LogP contribution in [0.5, 0.6) is 11.5 Å². The number of carbonyl (C=O) groups is 5. The van der Waals surface area contributed by atoms with Crippen molar-refractivity contribution in [1.29, 1.82) is 0 Å². The third-order valence-electron chi connectivity index (χ3n) is 10.8. The number of nitrogens with zero attached hydrogens (tertiary/aromatic N) is 2. The van der Waals surface area contributed by atoms with Crippen molar-refractivity contribution >= 4 is 40.5 Å². The number of esters is 1. The molecular formula is C38H53N7O8. The third-order valence-corrected chi connectivity index (χ3v) is 10.8. The number of Topliss-reactive ketones (excluding diaryl/α,β-unsaturated/α-hetero) is 1. The van der Waals surface area contributed by atoms with E-state index < -0.39 is 64.9 Å². The summed E-state index contributed by atoms with van der Waals surface area (Å²) >= 11 is 0. The second-order valence-electron chi connectivity index (χ2n) is 15.8. The number of nitrogens with two attached hydrogens (primary N) is 2. The maximum atomic E-state index is 14.6. The molecule has 2 saturated carbocycles. The Labute approximate surface area is 309 Å². The number of rotatable bonds is 12. The van der Waals surface area contributed by atoms with Crippen LogP contribution in [0.2, 0.25) is 0 Å². The lowest BCUT2D eigenvalue weighted by Gasteiger charge is -2.36. The number of hydrogen-bond donors (Lipinski definition) is 5. The molecule has 2 aliphatic carbocycles. The number of aromatic nitrogens is 1. The molecule has 4 amide bonds. The molecule has 288 valence electrons. The van der Waals surface area contributed by atoms with Gasteiger partial charge in [0.15, 0.2) is 0 Å². The SMILES string of the molecule is C=C[C@@H]1C[C@]1(NC(=O)[C@@H]1C[C@@H](Oc2cc(C(=O)C(N)N)nc3c(C)c(OC)ccc23)CN1C(=O)[C@@H](NC(=O)NC1(C)CCCC1)C(C)(C)C)C(=O)OC. The molecule has 15 heteroatoms. The Balaban J connectivity index is 1.51. The summed E-state index contributed by atoms with van der Waals surface area (Å²) < 4.78 is 17.1. The van der Waals surface area contributed by atoms with E-state index in [1.165, 1.54) is 25.2 Å². The molecule has 1 aromatic heterocycles. The Morgan fingerprint density at radius 3 is 2.32 bits per heavy atom. The van der Waals surface area contributed by atoms with Gasteiger partial charge in [-0.15, -0.1) is 6.58 Å². The first-order chi connectivity index (χ1) is 24.9. The van der Waals surface area contributed by atoms with E-state index in [0.717, 1.165) is 25.7 Å². The fraction of sp³-hybridized carbons (Fsp3) is 0.579. The fourth-order valence-corrected chi connectivity index (χ4v) is 7.57. The highest BCUT2D eigenvalue weighted by Crippen LogP contribution is 2.46. The third kappa shape index (κ3) is 7.96. The maximum Gasteiger partial charge on any atom is 0.332 e. The van der Waals surface area contributed by atoms with Gasteiger partial charge in [0.2, 0.25) is 17.6 Å². The minimum absolute atomic E-state index is 0.0212. The Morgan fingerprint density at radius 1 is 1.08 bits per heavy atom. The molecule has 3 aliphatic rings. The van der Waals surface area contributed by atoms with Gasteiger partial charge in [0.05, 0.1) is 26.3 Å². The fourth-order valence-electron chi connectivity index (χ4n) is 7.57. The molecule has 0 bridgehead atoms.